The van der Waals surface area contributed by atoms with Crippen LogP contribution in [-0.4, -0.2) is 52.5 Å². The Kier molecular flexibility index (Phi) is 8.72. The minimum atomic E-state index is -0.963. The molecule has 8 heteroatoms. The van der Waals surface area contributed by atoms with E-state index < -0.39 is 39.8 Å². The summed E-state index contributed by atoms with van der Waals surface area (Å²) in [6, 6.07) is 0. The number of carbonyl (C=O) groups is 4. The highest BCUT2D eigenvalue weighted by Gasteiger charge is 2.71. The minimum absolute atomic E-state index is 0.00899. The number of Topliss-reactive ketones (excluding diaryl/α,β-unsaturated/α-hetero) is 2. The van der Waals surface area contributed by atoms with Crippen molar-refractivity contribution in [2.45, 2.75) is 171 Å². The van der Waals surface area contributed by atoms with Crippen molar-refractivity contribution < 1.29 is 38.9 Å². The van der Waals surface area contributed by atoms with E-state index in [1.165, 1.54) is 5.57 Å². The van der Waals surface area contributed by atoms with E-state index in [4.69, 9.17) is 9.47 Å². The standard InChI is InChI=1S/C50H70O8/c1-27(2)35-38(52)36-30(24-33-46(8)16-11-17-50(33,26-57-41(46)55)37(36)40(54)39(35)53)58-42(56)49-22-20-43(3,4)25-29(49)28-12-13-32-45(7)18-15-34(51)44(5,6)31(45)14-19-48(32,10)47(28,9)21-23-49/h12,27,29-34,51-52H,11,13-26H2,1-10H3. The van der Waals surface area contributed by atoms with Crippen LogP contribution in [-0.2, 0) is 28.7 Å². The molecule has 58 heavy (non-hydrogen) atoms. The van der Waals surface area contributed by atoms with Crippen LogP contribution < -0.4 is 0 Å². The van der Waals surface area contributed by atoms with Gasteiger partial charge in [0.15, 0.2) is 0 Å². The highest BCUT2D eigenvalue weighted by Crippen LogP contribution is 2.76. The van der Waals surface area contributed by atoms with Gasteiger partial charge in [-0.25, -0.2) is 0 Å². The first-order chi connectivity index (χ1) is 27.0. The zero-order valence-corrected chi connectivity index (χ0v) is 37.1. The van der Waals surface area contributed by atoms with E-state index >= 15 is 4.79 Å². The zero-order chi connectivity index (χ0) is 42.0. The second kappa shape index (κ2) is 12.4. The molecule has 1 aliphatic heterocycles. The SMILES string of the molecule is CC(C)C1=C(O)C2=C(C(=O)C1=O)C13CCCC(C)(C(=O)OC1)C3CC2OC(=O)C12CCC(C)(C)CC1C1=CCC3C4(C)CCC(O)C(C)(C)C4CCC3(C)C1(C)CC2. The van der Waals surface area contributed by atoms with E-state index in [-0.39, 0.29) is 86.0 Å². The second-order valence-electron chi connectivity index (χ2n) is 23.8. The number of fused-ring (bicyclic) bond motifs is 7. The average Bonchev–Trinajstić information content (AvgIpc) is 3.14. The summed E-state index contributed by atoms with van der Waals surface area (Å²) in [4.78, 5) is 57.4. The smallest absolute Gasteiger partial charge is 0.313 e. The Hall–Kier alpha value is -2.74. The number of rotatable bonds is 3. The van der Waals surface area contributed by atoms with E-state index in [9.17, 15) is 24.6 Å². The van der Waals surface area contributed by atoms with Crippen LogP contribution >= 0.6 is 0 Å². The molecule has 0 spiro atoms. The molecular formula is C50H70O8. The number of cyclic esters (lactones) is 1. The first-order valence-corrected chi connectivity index (χ1v) is 23.0. The topological polar surface area (TPSA) is 127 Å². The Bertz CT molecular complexity index is 1980. The number of ether oxygens (including phenoxy) is 2. The van der Waals surface area contributed by atoms with Crippen LogP contribution in [0, 0.1) is 72.9 Å². The molecule has 2 bridgehead atoms. The molecule has 5 saturated carbocycles. The summed E-state index contributed by atoms with van der Waals surface area (Å²) in [6.07, 6.45) is 12.6. The Morgan fingerprint density at radius 3 is 2.26 bits per heavy atom. The number of aliphatic hydroxyl groups excluding tert-OH is 2. The van der Waals surface area contributed by atoms with Crippen LogP contribution in [0.4, 0.5) is 0 Å². The largest absolute Gasteiger partial charge is 0.507 e. The zero-order valence-electron chi connectivity index (χ0n) is 37.1. The first-order valence-electron chi connectivity index (χ1n) is 23.0. The van der Waals surface area contributed by atoms with Crippen LogP contribution in [0.2, 0.25) is 0 Å². The molecule has 0 radical (unpaired) electrons. The number of hydrogen-bond acceptors (Lipinski definition) is 8. The van der Waals surface area contributed by atoms with E-state index in [1.807, 2.05) is 6.92 Å². The van der Waals surface area contributed by atoms with Gasteiger partial charge in [0.2, 0.25) is 11.6 Å². The third-order valence-electron chi connectivity index (χ3n) is 20.3. The summed E-state index contributed by atoms with van der Waals surface area (Å²) in [6.45, 7) is 22.3. The normalized spacial score (nSPS) is 47.7. The van der Waals surface area contributed by atoms with Crippen molar-refractivity contribution in [1.29, 1.82) is 0 Å². The molecule has 2 N–H and O–H groups in total. The first kappa shape index (κ1) is 40.7. The monoisotopic (exact) mass is 799 g/mol. The molecule has 9 aliphatic rings. The summed E-state index contributed by atoms with van der Waals surface area (Å²) in [5, 5.41) is 23.3. The van der Waals surface area contributed by atoms with Gasteiger partial charge < -0.3 is 19.7 Å². The fourth-order valence-electron chi connectivity index (χ4n) is 16.7. The molecule has 9 rings (SSSR count). The molecule has 0 aromatic carbocycles. The number of hydrogen-bond donors (Lipinski definition) is 2. The molecule has 1 heterocycles. The Balaban J connectivity index is 1.13. The number of ketones is 2. The molecule has 6 fully saturated rings. The lowest BCUT2D eigenvalue weighted by Gasteiger charge is -2.71. The van der Waals surface area contributed by atoms with Gasteiger partial charge in [-0.3, -0.25) is 19.2 Å². The summed E-state index contributed by atoms with van der Waals surface area (Å²) < 4.78 is 12.8. The summed E-state index contributed by atoms with van der Waals surface area (Å²) >= 11 is 0. The summed E-state index contributed by atoms with van der Waals surface area (Å²) in [5.74, 6) is -2.00. The number of allylic oxidation sites excluding steroid dienone is 3. The van der Waals surface area contributed by atoms with Gasteiger partial charge in [0, 0.05) is 22.1 Å². The van der Waals surface area contributed by atoms with E-state index in [1.54, 1.807) is 13.8 Å². The second-order valence-corrected chi connectivity index (χ2v) is 23.8. The van der Waals surface area contributed by atoms with Crippen LogP contribution in [0.1, 0.15) is 159 Å². The van der Waals surface area contributed by atoms with Crippen LogP contribution in [0.5, 0.6) is 0 Å². The quantitative estimate of drug-likeness (QED) is 0.125. The average molecular weight is 799 g/mol. The van der Waals surface area contributed by atoms with Crippen molar-refractivity contribution >= 4 is 23.5 Å². The lowest BCUT2D eigenvalue weighted by atomic mass is 9.33. The van der Waals surface area contributed by atoms with Gasteiger partial charge in [-0.05, 0) is 147 Å². The maximum Gasteiger partial charge on any atom is 0.313 e. The van der Waals surface area contributed by atoms with Gasteiger partial charge in [-0.15, -0.1) is 0 Å². The molecule has 12 unspecified atom stereocenters. The molecule has 0 aromatic heterocycles. The van der Waals surface area contributed by atoms with Crippen molar-refractivity contribution in [3.8, 4) is 0 Å². The molecule has 8 aliphatic carbocycles. The van der Waals surface area contributed by atoms with E-state index in [0.717, 1.165) is 51.4 Å². The summed E-state index contributed by atoms with van der Waals surface area (Å²) in [5.41, 5.74) is -0.611. The van der Waals surface area contributed by atoms with E-state index in [0.29, 0.717) is 50.4 Å². The Morgan fingerprint density at radius 1 is 0.845 bits per heavy atom. The predicted molar refractivity (Wildman–Crippen MR) is 220 cm³/mol. The lowest BCUT2D eigenvalue weighted by molar-refractivity contribution is -0.208. The van der Waals surface area contributed by atoms with Gasteiger partial charge in [-0.1, -0.05) is 80.4 Å². The molecule has 0 amide bonds. The highest BCUT2D eigenvalue weighted by atomic mass is 16.5. The fraction of sp³-hybridized carbons (Fsp3) is 0.800. The lowest BCUT2D eigenvalue weighted by Crippen LogP contribution is -2.65. The van der Waals surface area contributed by atoms with Crippen molar-refractivity contribution in [2.24, 2.45) is 72.9 Å². The van der Waals surface area contributed by atoms with Crippen molar-refractivity contribution in [3.05, 3.63) is 34.1 Å². The molecule has 318 valence electrons. The van der Waals surface area contributed by atoms with Crippen molar-refractivity contribution in [2.75, 3.05) is 6.61 Å². The predicted octanol–water partition coefficient (Wildman–Crippen LogP) is 9.73. The van der Waals surface area contributed by atoms with Gasteiger partial charge in [0.05, 0.1) is 16.9 Å². The third-order valence-corrected chi connectivity index (χ3v) is 20.3. The molecule has 8 nitrogen and oxygen atoms in total. The molecular weight excluding hydrogens is 729 g/mol. The van der Waals surface area contributed by atoms with E-state index in [2.05, 4.69) is 54.5 Å². The van der Waals surface area contributed by atoms with Crippen LogP contribution in [0.3, 0.4) is 0 Å². The van der Waals surface area contributed by atoms with Crippen molar-refractivity contribution in [3.63, 3.8) is 0 Å². The molecule has 1 saturated heterocycles. The Labute approximate surface area is 346 Å². The van der Waals surface area contributed by atoms with Crippen molar-refractivity contribution in [1.82, 2.24) is 0 Å². The minimum Gasteiger partial charge on any atom is -0.507 e. The maximum absolute atomic E-state index is 15.6. The highest BCUT2D eigenvalue weighted by molar-refractivity contribution is 6.50. The fourth-order valence-corrected chi connectivity index (χ4v) is 16.7. The number of carbonyl (C=O) groups excluding carboxylic acids is 4. The van der Waals surface area contributed by atoms with Gasteiger partial charge in [0.1, 0.15) is 18.5 Å². The molecule has 0 aromatic rings. The van der Waals surface area contributed by atoms with Gasteiger partial charge in [-0.2, -0.15) is 0 Å². The number of aliphatic hydroxyl groups is 2. The molecule has 12 atom stereocenters. The van der Waals surface area contributed by atoms with Crippen LogP contribution in [0.25, 0.3) is 0 Å². The van der Waals surface area contributed by atoms with Gasteiger partial charge in [0.25, 0.3) is 0 Å². The maximum atomic E-state index is 15.6. The summed E-state index contributed by atoms with van der Waals surface area (Å²) in [7, 11) is 0. The number of esters is 2. The van der Waals surface area contributed by atoms with Crippen LogP contribution in [0.15, 0.2) is 34.1 Å². The van der Waals surface area contributed by atoms with Gasteiger partial charge >= 0.3 is 11.9 Å². The third kappa shape index (κ3) is 4.90. The Morgan fingerprint density at radius 2 is 1.55 bits per heavy atom.